The first-order chi connectivity index (χ1) is 11.3. The van der Waals surface area contributed by atoms with Gasteiger partial charge in [-0.3, -0.25) is 0 Å². The summed E-state index contributed by atoms with van der Waals surface area (Å²) in [6, 6.07) is 7.81. The monoisotopic (exact) mass is 345 g/mol. The fourth-order valence-corrected chi connectivity index (χ4v) is 2.03. The lowest BCUT2D eigenvalue weighted by Gasteiger charge is -2.15. The molecule has 0 spiro atoms. The molecule has 0 amide bonds. The summed E-state index contributed by atoms with van der Waals surface area (Å²) < 4.78 is 65.8. The summed E-state index contributed by atoms with van der Waals surface area (Å²) in [5.74, 6) is -1.03. The Kier molecular flexibility index (Phi) is 5.50. The van der Waals surface area contributed by atoms with Gasteiger partial charge in [0.15, 0.2) is 11.5 Å². The third kappa shape index (κ3) is 4.51. The number of alkyl halides is 3. The molecular formula is C16H15F4NO3. The maximum atomic E-state index is 14.1. The van der Waals surface area contributed by atoms with Crippen LogP contribution in [0.15, 0.2) is 36.4 Å². The molecule has 2 aromatic carbocycles. The summed E-state index contributed by atoms with van der Waals surface area (Å²) >= 11 is 0. The Morgan fingerprint density at radius 1 is 1.04 bits per heavy atom. The number of nitrogens with two attached hydrogens (primary N) is 1. The summed E-state index contributed by atoms with van der Waals surface area (Å²) in [4.78, 5) is 0. The molecule has 2 rings (SSSR count). The van der Waals surface area contributed by atoms with Crippen molar-refractivity contribution in [2.45, 2.75) is 6.36 Å². The van der Waals surface area contributed by atoms with Gasteiger partial charge in [0.1, 0.15) is 18.2 Å². The van der Waals surface area contributed by atoms with E-state index in [-0.39, 0.29) is 30.0 Å². The van der Waals surface area contributed by atoms with Gasteiger partial charge >= 0.3 is 6.36 Å². The lowest BCUT2D eigenvalue weighted by atomic mass is 10.0. The summed E-state index contributed by atoms with van der Waals surface area (Å²) in [5, 5.41) is 0. The van der Waals surface area contributed by atoms with E-state index in [9.17, 15) is 17.6 Å². The molecule has 130 valence electrons. The number of benzene rings is 2. The molecule has 0 fully saturated rings. The second-order valence-electron chi connectivity index (χ2n) is 4.69. The molecule has 8 heteroatoms. The first kappa shape index (κ1) is 17.9. The highest BCUT2D eigenvalue weighted by atomic mass is 19.4. The van der Waals surface area contributed by atoms with E-state index in [2.05, 4.69) is 4.74 Å². The van der Waals surface area contributed by atoms with Gasteiger partial charge in [0.2, 0.25) is 0 Å². The Hall–Kier alpha value is -2.48. The Balaban J connectivity index is 2.43. The summed E-state index contributed by atoms with van der Waals surface area (Å²) in [6.07, 6.45) is -4.90. The van der Waals surface area contributed by atoms with E-state index in [1.807, 2.05) is 0 Å². The largest absolute Gasteiger partial charge is 0.573 e. The van der Waals surface area contributed by atoms with Crippen LogP contribution in [0.1, 0.15) is 0 Å². The molecule has 0 atom stereocenters. The molecule has 0 aliphatic heterocycles. The van der Waals surface area contributed by atoms with Gasteiger partial charge in [-0.1, -0.05) is 6.07 Å². The van der Waals surface area contributed by atoms with Crippen LogP contribution in [0.5, 0.6) is 17.2 Å². The normalized spacial score (nSPS) is 11.2. The van der Waals surface area contributed by atoms with Crippen molar-refractivity contribution in [1.82, 2.24) is 0 Å². The lowest BCUT2D eigenvalue weighted by molar-refractivity contribution is -0.275. The summed E-state index contributed by atoms with van der Waals surface area (Å²) in [7, 11) is 1.38. The zero-order valence-electron chi connectivity index (χ0n) is 12.7. The van der Waals surface area contributed by atoms with Crippen LogP contribution in [0.25, 0.3) is 11.1 Å². The van der Waals surface area contributed by atoms with Crippen molar-refractivity contribution in [3.63, 3.8) is 0 Å². The van der Waals surface area contributed by atoms with Crippen molar-refractivity contribution in [2.75, 3.05) is 20.3 Å². The van der Waals surface area contributed by atoms with Gasteiger partial charge in [0.25, 0.3) is 0 Å². The lowest BCUT2D eigenvalue weighted by Crippen LogP contribution is -2.18. The molecule has 24 heavy (non-hydrogen) atoms. The molecule has 0 aliphatic carbocycles. The van der Waals surface area contributed by atoms with E-state index in [0.717, 1.165) is 12.1 Å². The smallest absolute Gasteiger partial charge is 0.497 e. The van der Waals surface area contributed by atoms with E-state index in [4.69, 9.17) is 15.2 Å². The molecule has 0 aromatic heterocycles. The Bertz CT molecular complexity index is 704. The van der Waals surface area contributed by atoms with Crippen molar-refractivity contribution in [3.05, 3.63) is 42.2 Å². The van der Waals surface area contributed by atoms with Crippen LogP contribution in [0.3, 0.4) is 0 Å². The standard InChI is InChI=1S/C16H15F4NO3/c1-22-11-3-4-12(13(17)9-11)10-2-5-14(23-7-6-21)15(8-10)24-16(18,19)20/h2-5,8-9H,6-7,21H2,1H3. The molecule has 0 bridgehead atoms. The number of hydrogen-bond acceptors (Lipinski definition) is 4. The topological polar surface area (TPSA) is 53.7 Å². The van der Waals surface area contributed by atoms with E-state index in [0.29, 0.717) is 5.75 Å². The van der Waals surface area contributed by atoms with Gasteiger partial charge < -0.3 is 19.9 Å². The molecule has 2 N–H and O–H groups in total. The number of rotatable bonds is 6. The van der Waals surface area contributed by atoms with Gasteiger partial charge in [0, 0.05) is 18.2 Å². The van der Waals surface area contributed by atoms with Gasteiger partial charge in [-0.2, -0.15) is 0 Å². The van der Waals surface area contributed by atoms with Crippen molar-refractivity contribution < 1.29 is 31.8 Å². The van der Waals surface area contributed by atoms with Crippen molar-refractivity contribution >= 4 is 0 Å². The zero-order valence-corrected chi connectivity index (χ0v) is 12.7. The molecule has 0 saturated heterocycles. The SMILES string of the molecule is COc1ccc(-c2ccc(OCCN)c(OC(F)(F)F)c2)c(F)c1. The Morgan fingerprint density at radius 3 is 2.38 bits per heavy atom. The fraction of sp³-hybridized carbons (Fsp3) is 0.250. The summed E-state index contributed by atoms with van der Waals surface area (Å²) in [6.45, 7) is 0.144. The highest BCUT2D eigenvalue weighted by molar-refractivity contribution is 5.68. The average molecular weight is 345 g/mol. The molecular weight excluding hydrogens is 330 g/mol. The van der Waals surface area contributed by atoms with Crippen molar-refractivity contribution in [3.8, 4) is 28.4 Å². The number of ether oxygens (including phenoxy) is 3. The predicted octanol–water partition coefficient (Wildman–Crippen LogP) is 3.74. The van der Waals surface area contributed by atoms with Crippen LogP contribution < -0.4 is 19.9 Å². The van der Waals surface area contributed by atoms with Gasteiger partial charge in [-0.15, -0.1) is 13.2 Å². The molecule has 4 nitrogen and oxygen atoms in total. The molecule has 0 aliphatic rings. The van der Waals surface area contributed by atoms with Crippen LogP contribution in [0.4, 0.5) is 17.6 Å². The highest BCUT2D eigenvalue weighted by Gasteiger charge is 2.32. The highest BCUT2D eigenvalue weighted by Crippen LogP contribution is 2.37. The minimum absolute atomic E-state index is 0.0183. The van der Waals surface area contributed by atoms with E-state index < -0.39 is 17.9 Å². The second kappa shape index (κ2) is 7.39. The second-order valence-corrected chi connectivity index (χ2v) is 4.69. The van der Waals surface area contributed by atoms with E-state index in [1.54, 1.807) is 0 Å². The van der Waals surface area contributed by atoms with Gasteiger partial charge in [-0.05, 0) is 29.8 Å². The number of methoxy groups -OCH3 is 1. The Labute approximate surface area is 135 Å². The first-order valence-corrected chi connectivity index (χ1v) is 6.90. The van der Waals surface area contributed by atoms with Crippen LogP contribution in [-0.2, 0) is 0 Å². The molecule has 0 radical (unpaired) electrons. The zero-order chi connectivity index (χ0) is 17.7. The van der Waals surface area contributed by atoms with Crippen LogP contribution in [0, 0.1) is 5.82 Å². The van der Waals surface area contributed by atoms with E-state index >= 15 is 0 Å². The minimum Gasteiger partial charge on any atom is -0.497 e. The molecule has 0 heterocycles. The summed E-state index contributed by atoms with van der Waals surface area (Å²) in [5.41, 5.74) is 5.58. The van der Waals surface area contributed by atoms with E-state index in [1.165, 1.54) is 31.4 Å². The third-order valence-corrected chi connectivity index (χ3v) is 3.03. The molecule has 0 saturated carbocycles. The van der Waals surface area contributed by atoms with Crippen molar-refractivity contribution in [2.24, 2.45) is 5.73 Å². The minimum atomic E-state index is -4.90. The van der Waals surface area contributed by atoms with Gasteiger partial charge in [0.05, 0.1) is 7.11 Å². The fourth-order valence-electron chi connectivity index (χ4n) is 2.03. The Morgan fingerprint density at radius 2 is 1.79 bits per heavy atom. The maximum Gasteiger partial charge on any atom is 0.573 e. The maximum absolute atomic E-state index is 14.1. The predicted molar refractivity (Wildman–Crippen MR) is 79.6 cm³/mol. The quantitative estimate of drug-likeness (QED) is 0.811. The van der Waals surface area contributed by atoms with Crippen LogP contribution >= 0.6 is 0 Å². The number of halogens is 4. The average Bonchev–Trinajstić information content (AvgIpc) is 2.52. The van der Waals surface area contributed by atoms with Gasteiger partial charge in [-0.25, -0.2) is 4.39 Å². The van der Waals surface area contributed by atoms with Crippen molar-refractivity contribution in [1.29, 1.82) is 0 Å². The first-order valence-electron chi connectivity index (χ1n) is 6.90. The number of hydrogen-bond donors (Lipinski definition) is 1. The van der Waals surface area contributed by atoms with Crippen LogP contribution in [-0.4, -0.2) is 26.6 Å². The molecule has 2 aromatic rings. The molecule has 0 unspecified atom stereocenters. The third-order valence-electron chi connectivity index (χ3n) is 3.03. The van der Waals surface area contributed by atoms with Crippen LogP contribution in [0.2, 0.25) is 0 Å².